The van der Waals surface area contributed by atoms with Crippen molar-refractivity contribution >= 4 is 11.9 Å². The molecule has 1 heterocycles. The zero-order chi connectivity index (χ0) is 15.9. The van der Waals surface area contributed by atoms with Crippen LogP contribution in [0.4, 0.5) is 0 Å². The zero-order valence-electron chi connectivity index (χ0n) is 13.4. The molecule has 0 aromatic rings. The van der Waals surface area contributed by atoms with Gasteiger partial charge in [-0.1, -0.05) is 0 Å². The van der Waals surface area contributed by atoms with Crippen LogP contribution in [0.25, 0.3) is 0 Å². The van der Waals surface area contributed by atoms with Crippen molar-refractivity contribution in [3.8, 4) is 0 Å². The molecule has 0 unspecified atom stereocenters. The van der Waals surface area contributed by atoms with Gasteiger partial charge in [0.15, 0.2) is 0 Å². The third kappa shape index (κ3) is 4.97. The molecule has 2 N–H and O–H groups in total. The number of ether oxygens (including phenoxy) is 1. The summed E-state index contributed by atoms with van der Waals surface area (Å²) in [4.78, 5) is 25.5. The van der Waals surface area contributed by atoms with E-state index < -0.39 is 11.4 Å². The molecule has 0 bridgehead atoms. The molecule has 1 amide bonds. The molecule has 0 radical (unpaired) electrons. The molecule has 6 heteroatoms. The predicted octanol–water partition coefficient (Wildman–Crippen LogP) is 1.10. The fourth-order valence-corrected chi connectivity index (χ4v) is 2.90. The van der Waals surface area contributed by atoms with Gasteiger partial charge in [0.05, 0.1) is 12.0 Å². The Hall–Kier alpha value is -1.14. The third-order valence-electron chi connectivity index (χ3n) is 4.11. The molecule has 122 valence electrons. The number of hydrogen-bond acceptors (Lipinski definition) is 4. The highest BCUT2D eigenvalue weighted by Gasteiger charge is 2.42. The number of carboxylic acid groups (broad SMARTS) is 1. The molecular formula is C15H28N2O4. The molecule has 6 nitrogen and oxygen atoms in total. The molecule has 1 rings (SSSR count). The number of piperidine rings is 1. The fraction of sp³-hybridized carbons (Fsp3) is 0.867. The van der Waals surface area contributed by atoms with Gasteiger partial charge in [0.1, 0.15) is 0 Å². The van der Waals surface area contributed by atoms with E-state index in [1.807, 2.05) is 18.7 Å². The van der Waals surface area contributed by atoms with Crippen LogP contribution in [-0.2, 0) is 14.3 Å². The number of aliphatic carboxylic acids is 1. The Balaban J connectivity index is 2.78. The van der Waals surface area contributed by atoms with Gasteiger partial charge in [0.25, 0.3) is 0 Å². The van der Waals surface area contributed by atoms with Crippen LogP contribution >= 0.6 is 0 Å². The highest BCUT2D eigenvalue weighted by Crippen LogP contribution is 2.32. The maximum absolute atomic E-state index is 13.0. The van der Waals surface area contributed by atoms with E-state index in [1.54, 1.807) is 7.11 Å². The summed E-state index contributed by atoms with van der Waals surface area (Å²) in [6.45, 7) is 6.49. The molecule has 1 fully saturated rings. The van der Waals surface area contributed by atoms with E-state index in [9.17, 15) is 9.59 Å². The lowest BCUT2D eigenvalue weighted by molar-refractivity contribution is -0.150. The van der Waals surface area contributed by atoms with Gasteiger partial charge < -0.3 is 20.1 Å². The normalized spacial score (nSPS) is 17.7. The van der Waals surface area contributed by atoms with E-state index in [1.165, 1.54) is 0 Å². The van der Waals surface area contributed by atoms with Gasteiger partial charge in [-0.3, -0.25) is 9.59 Å². The van der Waals surface area contributed by atoms with E-state index in [0.29, 0.717) is 19.6 Å². The summed E-state index contributed by atoms with van der Waals surface area (Å²) < 4.78 is 5.31. The molecule has 0 aliphatic carbocycles. The van der Waals surface area contributed by atoms with Crippen molar-refractivity contribution in [3.05, 3.63) is 0 Å². The summed E-state index contributed by atoms with van der Waals surface area (Å²) in [5, 5.41) is 12.0. The molecular weight excluding hydrogens is 272 g/mol. The van der Waals surface area contributed by atoms with Crippen LogP contribution in [-0.4, -0.2) is 61.3 Å². The van der Waals surface area contributed by atoms with E-state index in [0.717, 1.165) is 25.9 Å². The molecule has 1 saturated heterocycles. The fourth-order valence-electron chi connectivity index (χ4n) is 2.90. The first kappa shape index (κ1) is 17.9. The first-order chi connectivity index (χ1) is 9.93. The van der Waals surface area contributed by atoms with Crippen molar-refractivity contribution in [2.75, 3.05) is 33.4 Å². The van der Waals surface area contributed by atoms with Crippen LogP contribution < -0.4 is 5.32 Å². The van der Waals surface area contributed by atoms with Crippen molar-refractivity contribution in [2.24, 2.45) is 5.41 Å². The van der Waals surface area contributed by atoms with Gasteiger partial charge in [-0.15, -0.1) is 0 Å². The van der Waals surface area contributed by atoms with Crippen LogP contribution in [0.15, 0.2) is 0 Å². The molecule has 1 aliphatic heterocycles. The van der Waals surface area contributed by atoms with Gasteiger partial charge in [0.2, 0.25) is 5.91 Å². The van der Waals surface area contributed by atoms with Crippen LogP contribution in [0.1, 0.15) is 39.5 Å². The second-order valence-electron chi connectivity index (χ2n) is 6.05. The number of amides is 1. The summed E-state index contributed by atoms with van der Waals surface area (Å²) in [6.07, 6.45) is 2.11. The number of nitrogens with one attached hydrogen (secondary N) is 1. The summed E-state index contributed by atoms with van der Waals surface area (Å²) in [7, 11) is 1.63. The Bertz CT molecular complexity index is 346. The van der Waals surface area contributed by atoms with Crippen molar-refractivity contribution in [3.63, 3.8) is 0 Å². The van der Waals surface area contributed by atoms with Gasteiger partial charge in [0, 0.05) is 26.1 Å². The first-order valence-electron chi connectivity index (χ1n) is 7.65. The van der Waals surface area contributed by atoms with E-state index in [4.69, 9.17) is 9.84 Å². The van der Waals surface area contributed by atoms with Crippen LogP contribution in [0.2, 0.25) is 0 Å². The standard InChI is InChI=1S/C15H28N2O4/c1-12(2)17(10-4-5-13(18)19)14(20)15(11-21-3)6-8-16-9-7-15/h12,16H,4-11H2,1-3H3,(H,18,19). The number of methoxy groups -OCH3 is 1. The largest absolute Gasteiger partial charge is 0.481 e. The van der Waals surface area contributed by atoms with Crippen molar-refractivity contribution in [1.29, 1.82) is 0 Å². The van der Waals surface area contributed by atoms with E-state index in [-0.39, 0.29) is 18.4 Å². The lowest BCUT2D eigenvalue weighted by Gasteiger charge is -2.41. The highest BCUT2D eigenvalue weighted by molar-refractivity contribution is 5.83. The van der Waals surface area contributed by atoms with Gasteiger partial charge >= 0.3 is 5.97 Å². The second kappa shape index (κ2) is 8.34. The Kier molecular flexibility index (Phi) is 7.11. The second-order valence-corrected chi connectivity index (χ2v) is 6.05. The summed E-state index contributed by atoms with van der Waals surface area (Å²) in [5.74, 6) is -0.717. The Morgan fingerprint density at radius 3 is 2.43 bits per heavy atom. The predicted molar refractivity (Wildman–Crippen MR) is 80.1 cm³/mol. The molecule has 21 heavy (non-hydrogen) atoms. The SMILES string of the molecule is COCC1(C(=O)N(CCCC(=O)O)C(C)C)CCNCC1. The maximum Gasteiger partial charge on any atom is 0.303 e. The quantitative estimate of drug-likeness (QED) is 0.702. The molecule has 0 aromatic carbocycles. The van der Waals surface area contributed by atoms with Gasteiger partial charge in [-0.2, -0.15) is 0 Å². The van der Waals surface area contributed by atoms with Crippen LogP contribution in [0.3, 0.4) is 0 Å². The number of carboxylic acids is 1. The average Bonchev–Trinajstić information content (AvgIpc) is 2.43. The molecule has 0 atom stereocenters. The smallest absolute Gasteiger partial charge is 0.303 e. The minimum Gasteiger partial charge on any atom is -0.481 e. The number of carbonyl (C=O) groups is 2. The van der Waals surface area contributed by atoms with Crippen molar-refractivity contribution in [2.45, 2.75) is 45.6 Å². The molecule has 1 aliphatic rings. The number of hydrogen-bond donors (Lipinski definition) is 2. The minimum absolute atomic E-state index is 0.0647. The lowest BCUT2D eigenvalue weighted by atomic mass is 9.78. The van der Waals surface area contributed by atoms with Crippen LogP contribution in [0.5, 0.6) is 0 Å². The molecule has 0 spiro atoms. The van der Waals surface area contributed by atoms with Gasteiger partial charge in [-0.05, 0) is 46.2 Å². The average molecular weight is 300 g/mol. The number of rotatable bonds is 8. The van der Waals surface area contributed by atoms with Gasteiger partial charge in [-0.25, -0.2) is 0 Å². The summed E-state index contributed by atoms with van der Waals surface area (Å²) in [5.41, 5.74) is -0.465. The minimum atomic E-state index is -0.820. The van der Waals surface area contributed by atoms with Crippen molar-refractivity contribution < 1.29 is 19.4 Å². The van der Waals surface area contributed by atoms with E-state index in [2.05, 4.69) is 5.32 Å². The lowest BCUT2D eigenvalue weighted by Crippen LogP contribution is -2.53. The highest BCUT2D eigenvalue weighted by atomic mass is 16.5. The maximum atomic E-state index is 13.0. The van der Waals surface area contributed by atoms with Crippen molar-refractivity contribution in [1.82, 2.24) is 10.2 Å². The third-order valence-corrected chi connectivity index (χ3v) is 4.11. The van der Waals surface area contributed by atoms with Crippen LogP contribution in [0, 0.1) is 5.41 Å². The summed E-state index contributed by atoms with van der Waals surface area (Å²) >= 11 is 0. The molecule has 0 saturated carbocycles. The Morgan fingerprint density at radius 1 is 1.33 bits per heavy atom. The van der Waals surface area contributed by atoms with E-state index >= 15 is 0 Å². The Morgan fingerprint density at radius 2 is 1.95 bits per heavy atom. The first-order valence-corrected chi connectivity index (χ1v) is 7.65. The Labute approximate surface area is 126 Å². The monoisotopic (exact) mass is 300 g/mol. The topological polar surface area (TPSA) is 78.9 Å². The summed E-state index contributed by atoms with van der Waals surface area (Å²) in [6, 6.07) is 0.0647. The zero-order valence-corrected chi connectivity index (χ0v) is 13.4. The number of carbonyl (C=O) groups excluding carboxylic acids is 1. The molecule has 0 aromatic heterocycles. The number of nitrogens with zero attached hydrogens (tertiary/aromatic N) is 1.